The number of benzene rings is 2. The molecule has 126 valence electrons. The van der Waals surface area contributed by atoms with Crippen LogP contribution in [0.1, 0.15) is 48.9 Å². The molecular formula is C21H24O3. The largest absolute Gasteiger partial charge is 0.508 e. The lowest BCUT2D eigenvalue weighted by atomic mass is 9.87. The van der Waals surface area contributed by atoms with E-state index in [1.165, 1.54) is 32.1 Å². The molecule has 0 aromatic heterocycles. The van der Waals surface area contributed by atoms with E-state index in [9.17, 15) is 9.90 Å². The summed E-state index contributed by atoms with van der Waals surface area (Å²) in [5.74, 6) is 0.725. The van der Waals surface area contributed by atoms with Gasteiger partial charge in [-0.2, -0.15) is 0 Å². The van der Waals surface area contributed by atoms with Crippen molar-refractivity contribution in [3.05, 3.63) is 54.1 Å². The molecule has 0 aliphatic heterocycles. The highest BCUT2D eigenvalue weighted by atomic mass is 16.5. The lowest BCUT2D eigenvalue weighted by Crippen LogP contribution is -2.12. The highest BCUT2D eigenvalue weighted by Crippen LogP contribution is 2.26. The second kappa shape index (κ2) is 8.00. The highest BCUT2D eigenvalue weighted by molar-refractivity contribution is 5.90. The number of carbonyl (C=O) groups excluding carboxylic acids is 1. The molecule has 2 aromatic rings. The summed E-state index contributed by atoms with van der Waals surface area (Å²) in [6.45, 7) is 0.517. The van der Waals surface area contributed by atoms with Gasteiger partial charge in [0, 0.05) is 0 Å². The van der Waals surface area contributed by atoms with Crippen molar-refractivity contribution >= 4 is 5.97 Å². The van der Waals surface area contributed by atoms with Crippen molar-refractivity contribution in [2.75, 3.05) is 6.61 Å². The molecule has 0 spiro atoms. The fraction of sp³-hybridized carbons (Fsp3) is 0.381. The van der Waals surface area contributed by atoms with Gasteiger partial charge in [0.25, 0.3) is 0 Å². The summed E-state index contributed by atoms with van der Waals surface area (Å²) in [6, 6.07) is 14.4. The molecule has 1 aliphatic rings. The number of aromatic hydroxyl groups is 1. The molecule has 3 nitrogen and oxygen atoms in total. The van der Waals surface area contributed by atoms with Gasteiger partial charge in [-0.05, 0) is 47.7 Å². The average molecular weight is 324 g/mol. The fourth-order valence-corrected chi connectivity index (χ4v) is 3.33. The highest BCUT2D eigenvalue weighted by Gasteiger charge is 2.14. The SMILES string of the molecule is O=C(OCCC1CCCCC1)c1ccc(-c2ccc(O)cc2)cc1. The number of ether oxygens (including phenoxy) is 1. The van der Waals surface area contributed by atoms with Crippen LogP contribution in [-0.4, -0.2) is 17.7 Å². The van der Waals surface area contributed by atoms with Crippen LogP contribution in [0.25, 0.3) is 11.1 Å². The molecule has 1 aliphatic carbocycles. The van der Waals surface area contributed by atoms with Gasteiger partial charge in [-0.15, -0.1) is 0 Å². The molecule has 0 radical (unpaired) electrons. The van der Waals surface area contributed by atoms with Crippen LogP contribution in [0.15, 0.2) is 48.5 Å². The smallest absolute Gasteiger partial charge is 0.338 e. The van der Waals surface area contributed by atoms with Crippen LogP contribution in [0.2, 0.25) is 0 Å². The molecular weight excluding hydrogens is 300 g/mol. The minimum Gasteiger partial charge on any atom is -0.508 e. The standard InChI is InChI=1S/C21H24O3/c22-20-12-10-18(11-13-20)17-6-8-19(9-7-17)21(23)24-15-14-16-4-2-1-3-5-16/h6-13,16,22H,1-5,14-15H2. The molecule has 0 unspecified atom stereocenters. The quantitative estimate of drug-likeness (QED) is 0.770. The lowest BCUT2D eigenvalue weighted by molar-refractivity contribution is 0.0475. The van der Waals surface area contributed by atoms with Crippen LogP contribution < -0.4 is 0 Å². The summed E-state index contributed by atoms with van der Waals surface area (Å²) in [7, 11) is 0. The van der Waals surface area contributed by atoms with E-state index in [1.807, 2.05) is 24.3 Å². The minimum atomic E-state index is -0.247. The van der Waals surface area contributed by atoms with Crippen molar-refractivity contribution in [1.29, 1.82) is 0 Å². The zero-order valence-corrected chi connectivity index (χ0v) is 13.9. The van der Waals surface area contributed by atoms with Crippen molar-refractivity contribution in [2.45, 2.75) is 38.5 Å². The van der Waals surface area contributed by atoms with E-state index in [2.05, 4.69) is 0 Å². The van der Waals surface area contributed by atoms with Gasteiger partial charge in [-0.1, -0.05) is 56.4 Å². The van der Waals surface area contributed by atoms with Crippen LogP contribution in [0.4, 0.5) is 0 Å². The number of rotatable bonds is 5. The third kappa shape index (κ3) is 4.38. The maximum Gasteiger partial charge on any atom is 0.338 e. The number of hydrogen-bond donors (Lipinski definition) is 1. The van der Waals surface area contributed by atoms with Gasteiger partial charge in [0.1, 0.15) is 5.75 Å². The van der Waals surface area contributed by atoms with Crippen LogP contribution in [0.5, 0.6) is 5.75 Å². The number of carbonyl (C=O) groups is 1. The molecule has 3 rings (SSSR count). The van der Waals surface area contributed by atoms with Crippen molar-refractivity contribution in [3.63, 3.8) is 0 Å². The molecule has 0 saturated heterocycles. The summed E-state index contributed by atoms with van der Waals surface area (Å²) in [5, 5.41) is 9.34. The van der Waals surface area contributed by atoms with E-state index in [0.717, 1.165) is 23.5 Å². The number of hydrogen-bond acceptors (Lipinski definition) is 3. The number of esters is 1. The minimum absolute atomic E-state index is 0.247. The topological polar surface area (TPSA) is 46.5 Å². The van der Waals surface area contributed by atoms with Gasteiger partial charge in [0.2, 0.25) is 0 Å². The lowest BCUT2D eigenvalue weighted by Gasteiger charge is -2.21. The predicted octanol–water partition coefficient (Wildman–Crippen LogP) is 5.19. The molecule has 3 heteroatoms. The molecule has 0 atom stereocenters. The average Bonchev–Trinajstić information content (AvgIpc) is 2.63. The molecule has 0 heterocycles. The van der Waals surface area contributed by atoms with Gasteiger partial charge in [-0.3, -0.25) is 0 Å². The van der Waals surface area contributed by atoms with Gasteiger partial charge in [0.05, 0.1) is 12.2 Å². The first-order valence-electron chi connectivity index (χ1n) is 8.79. The Balaban J connectivity index is 1.52. The first kappa shape index (κ1) is 16.6. The Kier molecular flexibility index (Phi) is 5.52. The summed E-state index contributed by atoms with van der Waals surface area (Å²) in [5.41, 5.74) is 2.60. The zero-order chi connectivity index (χ0) is 16.8. The van der Waals surface area contributed by atoms with Gasteiger partial charge in [0.15, 0.2) is 0 Å². The van der Waals surface area contributed by atoms with E-state index >= 15 is 0 Å². The Morgan fingerprint density at radius 3 is 2.12 bits per heavy atom. The Hall–Kier alpha value is -2.29. The van der Waals surface area contributed by atoms with Crippen molar-refractivity contribution in [1.82, 2.24) is 0 Å². The Labute approximate surface area is 143 Å². The van der Waals surface area contributed by atoms with Gasteiger partial charge < -0.3 is 9.84 Å². The van der Waals surface area contributed by atoms with Gasteiger partial charge >= 0.3 is 5.97 Å². The normalized spacial score (nSPS) is 15.2. The summed E-state index contributed by atoms with van der Waals surface area (Å²) >= 11 is 0. The van der Waals surface area contributed by atoms with Crippen molar-refractivity contribution in [3.8, 4) is 16.9 Å². The van der Waals surface area contributed by atoms with Crippen LogP contribution in [-0.2, 0) is 4.74 Å². The number of phenolic OH excluding ortho intramolecular Hbond substituents is 1. The Bertz CT molecular complexity index is 652. The molecule has 0 amide bonds. The molecule has 1 fully saturated rings. The Morgan fingerprint density at radius 2 is 1.50 bits per heavy atom. The van der Waals surface area contributed by atoms with Crippen LogP contribution in [0.3, 0.4) is 0 Å². The summed E-state index contributed by atoms with van der Waals surface area (Å²) < 4.78 is 5.42. The molecule has 0 bridgehead atoms. The monoisotopic (exact) mass is 324 g/mol. The van der Waals surface area contributed by atoms with E-state index < -0.39 is 0 Å². The molecule has 2 aromatic carbocycles. The molecule has 1 saturated carbocycles. The molecule has 1 N–H and O–H groups in total. The predicted molar refractivity (Wildman–Crippen MR) is 95.0 cm³/mol. The van der Waals surface area contributed by atoms with Gasteiger partial charge in [-0.25, -0.2) is 4.79 Å². The zero-order valence-electron chi connectivity index (χ0n) is 13.9. The van der Waals surface area contributed by atoms with E-state index in [-0.39, 0.29) is 11.7 Å². The van der Waals surface area contributed by atoms with E-state index in [0.29, 0.717) is 12.2 Å². The van der Waals surface area contributed by atoms with E-state index in [1.54, 1.807) is 24.3 Å². The maximum atomic E-state index is 12.1. The second-order valence-corrected chi connectivity index (χ2v) is 6.55. The Morgan fingerprint density at radius 1 is 0.917 bits per heavy atom. The molecule has 24 heavy (non-hydrogen) atoms. The summed E-state index contributed by atoms with van der Waals surface area (Å²) in [4.78, 5) is 12.1. The second-order valence-electron chi connectivity index (χ2n) is 6.55. The third-order valence-corrected chi connectivity index (χ3v) is 4.81. The fourth-order valence-electron chi connectivity index (χ4n) is 3.33. The number of phenols is 1. The maximum absolute atomic E-state index is 12.1. The third-order valence-electron chi connectivity index (χ3n) is 4.81. The first-order valence-corrected chi connectivity index (χ1v) is 8.79. The van der Waals surface area contributed by atoms with Crippen molar-refractivity contribution < 1.29 is 14.6 Å². The van der Waals surface area contributed by atoms with Crippen LogP contribution in [0, 0.1) is 5.92 Å². The first-order chi connectivity index (χ1) is 11.7. The van der Waals surface area contributed by atoms with Crippen molar-refractivity contribution in [2.24, 2.45) is 5.92 Å². The van der Waals surface area contributed by atoms with E-state index in [4.69, 9.17) is 4.74 Å². The van der Waals surface area contributed by atoms with Crippen LogP contribution >= 0.6 is 0 Å². The summed E-state index contributed by atoms with van der Waals surface area (Å²) in [6.07, 6.45) is 7.52.